The topological polar surface area (TPSA) is 78.4 Å². The number of aromatic nitrogens is 2. The zero-order valence-corrected chi connectivity index (χ0v) is 17.4. The third kappa shape index (κ3) is 5.44. The van der Waals surface area contributed by atoms with Crippen LogP contribution in [0.4, 0.5) is 5.82 Å². The molecule has 0 radical (unpaired) electrons. The van der Waals surface area contributed by atoms with Crippen molar-refractivity contribution in [3.05, 3.63) is 52.9 Å². The zero-order chi connectivity index (χ0) is 20.6. The fraction of sp³-hybridized carbons (Fsp3) is 0.429. The summed E-state index contributed by atoms with van der Waals surface area (Å²) in [6.45, 7) is 5.30. The van der Waals surface area contributed by atoms with Gasteiger partial charge >= 0.3 is 0 Å². The number of rotatable bonds is 7. The average Bonchev–Trinajstić information content (AvgIpc) is 2.77. The van der Waals surface area contributed by atoms with Crippen LogP contribution >= 0.6 is 11.6 Å². The molecule has 0 saturated carbocycles. The highest BCUT2D eigenvalue weighted by molar-refractivity contribution is 6.32. The number of nitrogens with zero attached hydrogens (tertiary/aromatic N) is 4. The van der Waals surface area contributed by atoms with E-state index in [1.54, 1.807) is 35.5 Å². The molecule has 0 spiro atoms. The highest BCUT2D eigenvalue weighted by Gasteiger charge is 2.24. The molecule has 1 aliphatic heterocycles. The van der Waals surface area contributed by atoms with Gasteiger partial charge in [0.25, 0.3) is 11.8 Å². The molecule has 1 fully saturated rings. The van der Waals surface area contributed by atoms with Crippen LogP contribution in [0.5, 0.6) is 0 Å². The summed E-state index contributed by atoms with van der Waals surface area (Å²) in [6.07, 6.45) is 6.40. The van der Waals surface area contributed by atoms with E-state index in [4.69, 9.17) is 11.6 Å². The van der Waals surface area contributed by atoms with Crippen molar-refractivity contribution in [1.82, 2.24) is 20.2 Å². The zero-order valence-electron chi connectivity index (χ0n) is 16.6. The number of amides is 2. The van der Waals surface area contributed by atoms with Crippen LogP contribution in [0.2, 0.25) is 5.15 Å². The van der Waals surface area contributed by atoms with E-state index in [9.17, 15) is 9.59 Å². The predicted molar refractivity (Wildman–Crippen MR) is 113 cm³/mol. The van der Waals surface area contributed by atoms with Crippen LogP contribution in [0.25, 0.3) is 0 Å². The Bertz CT molecular complexity index is 835. The van der Waals surface area contributed by atoms with E-state index in [0.717, 1.165) is 25.1 Å². The van der Waals surface area contributed by atoms with Crippen LogP contribution in [-0.2, 0) is 0 Å². The Morgan fingerprint density at radius 2 is 1.90 bits per heavy atom. The molecule has 29 heavy (non-hydrogen) atoms. The summed E-state index contributed by atoms with van der Waals surface area (Å²) in [5, 5.41) is 3.15. The van der Waals surface area contributed by atoms with Crippen molar-refractivity contribution in [2.45, 2.75) is 26.2 Å². The molecule has 8 heteroatoms. The van der Waals surface area contributed by atoms with Crippen molar-refractivity contribution in [2.24, 2.45) is 0 Å². The van der Waals surface area contributed by atoms with Gasteiger partial charge in [0.1, 0.15) is 11.0 Å². The lowest BCUT2D eigenvalue weighted by Gasteiger charge is -2.35. The maximum Gasteiger partial charge on any atom is 0.257 e. The first-order chi connectivity index (χ1) is 14.1. The first kappa shape index (κ1) is 21.0. The van der Waals surface area contributed by atoms with Crippen molar-refractivity contribution < 1.29 is 9.59 Å². The Balaban J connectivity index is 1.52. The molecule has 0 aliphatic carbocycles. The minimum atomic E-state index is -0.106. The van der Waals surface area contributed by atoms with Crippen LogP contribution in [-0.4, -0.2) is 59.4 Å². The van der Waals surface area contributed by atoms with E-state index in [-0.39, 0.29) is 17.0 Å². The summed E-state index contributed by atoms with van der Waals surface area (Å²) >= 11 is 6.04. The molecule has 0 atom stereocenters. The molecular weight excluding hydrogens is 390 g/mol. The second-order valence-corrected chi connectivity index (χ2v) is 7.35. The largest absolute Gasteiger partial charge is 0.353 e. The predicted octanol–water partition coefficient (Wildman–Crippen LogP) is 3.01. The summed E-state index contributed by atoms with van der Waals surface area (Å²) in [7, 11) is 0. The number of hydrogen-bond donors (Lipinski definition) is 1. The Hall–Kier alpha value is -2.67. The summed E-state index contributed by atoms with van der Waals surface area (Å²) < 4.78 is 0. The average molecular weight is 416 g/mol. The fourth-order valence-electron chi connectivity index (χ4n) is 3.24. The summed E-state index contributed by atoms with van der Waals surface area (Å²) in [5.74, 6) is 0.605. The van der Waals surface area contributed by atoms with Gasteiger partial charge in [-0.25, -0.2) is 9.97 Å². The van der Waals surface area contributed by atoms with Gasteiger partial charge in [-0.3, -0.25) is 9.59 Å². The quantitative estimate of drug-likeness (QED) is 0.555. The van der Waals surface area contributed by atoms with E-state index in [2.05, 4.69) is 27.1 Å². The SMILES string of the molecule is CCCCCNC(=O)c1ccc(N2CCN(C(=O)c3cccnc3Cl)CC2)nc1. The standard InChI is InChI=1S/C21H26ClN5O2/c1-2-3-4-9-24-20(28)16-7-8-18(25-15-16)26-11-13-27(14-12-26)21(29)17-6-5-10-23-19(17)22/h5-8,10,15H,2-4,9,11-14H2,1H3,(H,24,28). The van der Waals surface area contributed by atoms with Crippen LogP contribution in [0.1, 0.15) is 46.9 Å². The number of carbonyl (C=O) groups excluding carboxylic acids is 2. The molecule has 1 aliphatic rings. The number of halogens is 1. The lowest BCUT2D eigenvalue weighted by atomic mass is 10.2. The van der Waals surface area contributed by atoms with Crippen molar-refractivity contribution in [3.8, 4) is 0 Å². The number of anilines is 1. The van der Waals surface area contributed by atoms with Gasteiger partial charge in [-0.2, -0.15) is 0 Å². The Morgan fingerprint density at radius 1 is 1.10 bits per heavy atom. The van der Waals surface area contributed by atoms with Crippen molar-refractivity contribution in [2.75, 3.05) is 37.6 Å². The molecule has 3 heterocycles. The second-order valence-electron chi connectivity index (χ2n) is 6.99. The number of piperazine rings is 1. The molecule has 2 amide bonds. The van der Waals surface area contributed by atoms with E-state index in [0.29, 0.717) is 43.9 Å². The lowest BCUT2D eigenvalue weighted by Crippen LogP contribution is -2.49. The molecule has 0 unspecified atom stereocenters. The number of carbonyl (C=O) groups is 2. The number of hydrogen-bond acceptors (Lipinski definition) is 5. The van der Waals surface area contributed by atoms with E-state index in [1.165, 1.54) is 0 Å². The third-order valence-corrected chi connectivity index (χ3v) is 5.26. The second kappa shape index (κ2) is 10.2. The Labute approximate surface area is 176 Å². The first-order valence-corrected chi connectivity index (χ1v) is 10.4. The molecule has 3 rings (SSSR count). The van der Waals surface area contributed by atoms with Gasteiger partial charge in [0.2, 0.25) is 0 Å². The minimum Gasteiger partial charge on any atom is -0.353 e. The third-order valence-electron chi connectivity index (χ3n) is 4.96. The normalized spacial score (nSPS) is 14.0. The Morgan fingerprint density at radius 3 is 2.55 bits per heavy atom. The summed E-state index contributed by atoms with van der Waals surface area (Å²) in [5.41, 5.74) is 0.986. The van der Waals surface area contributed by atoms with Crippen molar-refractivity contribution in [3.63, 3.8) is 0 Å². The van der Waals surface area contributed by atoms with Crippen LogP contribution < -0.4 is 10.2 Å². The van der Waals surface area contributed by atoms with Gasteiger partial charge in [0.05, 0.1) is 11.1 Å². The molecule has 7 nitrogen and oxygen atoms in total. The maximum atomic E-state index is 12.6. The van der Waals surface area contributed by atoms with Crippen molar-refractivity contribution >= 4 is 29.2 Å². The highest BCUT2D eigenvalue weighted by Crippen LogP contribution is 2.18. The fourth-order valence-corrected chi connectivity index (χ4v) is 3.44. The molecule has 154 valence electrons. The van der Waals surface area contributed by atoms with Crippen molar-refractivity contribution in [1.29, 1.82) is 0 Å². The molecule has 1 saturated heterocycles. The smallest absolute Gasteiger partial charge is 0.257 e. The lowest BCUT2D eigenvalue weighted by molar-refractivity contribution is 0.0746. The van der Waals surface area contributed by atoms with Crippen LogP contribution in [0.15, 0.2) is 36.7 Å². The number of pyridine rings is 2. The van der Waals surface area contributed by atoms with E-state index >= 15 is 0 Å². The number of unbranched alkanes of at least 4 members (excludes halogenated alkanes) is 2. The van der Waals surface area contributed by atoms with Gasteiger partial charge < -0.3 is 15.1 Å². The monoisotopic (exact) mass is 415 g/mol. The molecule has 0 bridgehead atoms. The minimum absolute atomic E-state index is 0.0936. The molecule has 0 aromatic carbocycles. The Kier molecular flexibility index (Phi) is 7.41. The van der Waals surface area contributed by atoms with E-state index in [1.807, 2.05) is 6.07 Å². The maximum absolute atomic E-state index is 12.6. The van der Waals surface area contributed by atoms with Crippen LogP contribution in [0, 0.1) is 0 Å². The first-order valence-electron chi connectivity index (χ1n) is 9.99. The summed E-state index contributed by atoms with van der Waals surface area (Å²) in [4.78, 5) is 37.1. The molecule has 2 aromatic rings. The molecular formula is C21H26ClN5O2. The van der Waals surface area contributed by atoms with Gasteiger partial charge in [-0.15, -0.1) is 0 Å². The summed E-state index contributed by atoms with van der Waals surface area (Å²) in [6, 6.07) is 7.05. The number of nitrogens with one attached hydrogen (secondary N) is 1. The van der Waals surface area contributed by atoms with Crippen LogP contribution in [0.3, 0.4) is 0 Å². The van der Waals surface area contributed by atoms with E-state index < -0.39 is 0 Å². The molecule has 2 aromatic heterocycles. The van der Waals surface area contributed by atoms with Gasteiger partial charge in [0.15, 0.2) is 0 Å². The van der Waals surface area contributed by atoms with Gasteiger partial charge in [-0.1, -0.05) is 31.4 Å². The highest BCUT2D eigenvalue weighted by atomic mass is 35.5. The van der Waals surface area contributed by atoms with Gasteiger partial charge in [-0.05, 0) is 30.7 Å². The van der Waals surface area contributed by atoms with Gasteiger partial charge in [0, 0.05) is 45.1 Å². The molecule has 1 N–H and O–H groups in total.